The lowest BCUT2D eigenvalue weighted by atomic mass is 10.2. The predicted octanol–water partition coefficient (Wildman–Crippen LogP) is 0.361. The summed E-state index contributed by atoms with van der Waals surface area (Å²) in [6, 6.07) is 4.16. The van der Waals surface area contributed by atoms with E-state index in [0.29, 0.717) is 19.1 Å². The number of nitrogens with one attached hydrogen (secondary N) is 4. The summed E-state index contributed by atoms with van der Waals surface area (Å²) in [5, 5.41) is 5.74. The van der Waals surface area contributed by atoms with Gasteiger partial charge in [0, 0.05) is 45.0 Å². The van der Waals surface area contributed by atoms with E-state index in [1.165, 1.54) is 0 Å². The van der Waals surface area contributed by atoms with Crippen molar-refractivity contribution >= 4 is 11.8 Å². The summed E-state index contributed by atoms with van der Waals surface area (Å²) in [6.45, 7) is 7.87. The van der Waals surface area contributed by atoms with Gasteiger partial charge in [0.05, 0.1) is 12.2 Å². The van der Waals surface area contributed by atoms with Gasteiger partial charge in [0.15, 0.2) is 0 Å². The molecule has 8 heteroatoms. The largest absolute Gasteiger partial charge is 0.372 e. The van der Waals surface area contributed by atoms with Gasteiger partial charge < -0.3 is 20.3 Å². The quantitative estimate of drug-likeness (QED) is 0.614. The molecule has 3 unspecified atom stereocenters. The van der Waals surface area contributed by atoms with Crippen molar-refractivity contribution in [3.63, 3.8) is 0 Å². The molecule has 1 aromatic heterocycles. The SMILES string of the molecule is CC1CN(c2ccc(CNC(=O)NCC3CCNN3)cn2)CC(C)O1. The molecule has 3 rings (SSSR count). The number of hydrazine groups is 1. The third kappa shape index (κ3) is 5.29. The minimum Gasteiger partial charge on any atom is -0.372 e. The number of carbonyl (C=O) groups excluding carboxylic acids is 1. The highest BCUT2D eigenvalue weighted by atomic mass is 16.5. The maximum absolute atomic E-state index is 11.8. The van der Waals surface area contributed by atoms with E-state index in [1.54, 1.807) is 0 Å². The van der Waals surface area contributed by atoms with Crippen LogP contribution in [0, 0.1) is 0 Å². The van der Waals surface area contributed by atoms with Gasteiger partial charge in [0.2, 0.25) is 0 Å². The molecule has 0 spiro atoms. The fraction of sp³-hybridized carbons (Fsp3) is 0.647. The molecular formula is C17H28N6O2. The monoisotopic (exact) mass is 348 g/mol. The second-order valence-corrected chi connectivity index (χ2v) is 6.81. The van der Waals surface area contributed by atoms with Crippen LogP contribution in [0.2, 0.25) is 0 Å². The summed E-state index contributed by atoms with van der Waals surface area (Å²) < 4.78 is 5.75. The standard InChI is InChI=1S/C17H28N6O2/c1-12-10-23(11-13(2)25-12)16-4-3-14(7-18-16)8-19-17(24)20-9-15-5-6-21-22-15/h3-4,7,12-13,15,21-22H,5-6,8-11H2,1-2H3,(H2,19,20,24). The van der Waals surface area contributed by atoms with Gasteiger partial charge in [-0.15, -0.1) is 0 Å². The van der Waals surface area contributed by atoms with Crippen molar-refractivity contribution in [2.45, 2.75) is 45.1 Å². The Morgan fingerprint density at radius 2 is 2.12 bits per heavy atom. The average Bonchev–Trinajstić information content (AvgIpc) is 3.11. The van der Waals surface area contributed by atoms with E-state index in [-0.39, 0.29) is 18.2 Å². The van der Waals surface area contributed by atoms with Crippen molar-refractivity contribution in [1.29, 1.82) is 0 Å². The molecule has 3 atom stereocenters. The summed E-state index contributed by atoms with van der Waals surface area (Å²) in [5.74, 6) is 0.954. The smallest absolute Gasteiger partial charge is 0.315 e. The number of morpholine rings is 1. The molecule has 0 saturated carbocycles. The second-order valence-electron chi connectivity index (χ2n) is 6.81. The molecule has 2 aliphatic rings. The molecular weight excluding hydrogens is 320 g/mol. The maximum atomic E-state index is 11.8. The van der Waals surface area contributed by atoms with Gasteiger partial charge in [-0.05, 0) is 31.9 Å². The van der Waals surface area contributed by atoms with Crippen molar-refractivity contribution in [2.75, 3.05) is 31.1 Å². The fourth-order valence-corrected chi connectivity index (χ4v) is 3.22. The van der Waals surface area contributed by atoms with Crippen LogP contribution in [0.5, 0.6) is 0 Å². The van der Waals surface area contributed by atoms with E-state index in [0.717, 1.165) is 37.4 Å². The first-order valence-corrected chi connectivity index (χ1v) is 8.95. The number of hydrogen-bond acceptors (Lipinski definition) is 6. The Morgan fingerprint density at radius 1 is 1.32 bits per heavy atom. The number of amides is 2. The van der Waals surface area contributed by atoms with Crippen LogP contribution in [0.4, 0.5) is 10.6 Å². The highest BCUT2D eigenvalue weighted by Crippen LogP contribution is 2.18. The van der Waals surface area contributed by atoms with E-state index in [9.17, 15) is 4.79 Å². The number of urea groups is 1. The van der Waals surface area contributed by atoms with Crippen molar-refractivity contribution in [2.24, 2.45) is 0 Å². The zero-order valence-electron chi connectivity index (χ0n) is 14.9. The number of anilines is 1. The number of carbonyl (C=O) groups is 1. The summed E-state index contributed by atoms with van der Waals surface area (Å²) in [6.07, 6.45) is 3.26. The number of aromatic nitrogens is 1. The molecule has 0 aromatic carbocycles. The van der Waals surface area contributed by atoms with Crippen molar-refractivity contribution in [3.8, 4) is 0 Å². The highest BCUT2D eigenvalue weighted by molar-refractivity contribution is 5.73. The molecule has 2 saturated heterocycles. The van der Waals surface area contributed by atoms with Crippen molar-refractivity contribution in [3.05, 3.63) is 23.9 Å². The number of ether oxygens (including phenoxy) is 1. The van der Waals surface area contributed by atoms with Gasteiger partial charge in [-0.2, -0.15) is 0 Å². The summed E-state index contributed by atoms with van der Waals surface area (Å²) in [5.41, 5.74) is 7.14. The van der Waals surface area contributed by atoms with E-state index in [4.69, 9.17) is 4.74 Å². The summed E-state index contributed by atoms with van der Waals surface area (Å²) in [4.78, 5) is 18.6. The van der Waals surface area contributed by atoms with Gasteiger partial charge >= 0.3 is 6.03 Å². The molecule has 0 radical (unpaired) electrons. The van der Waals surface area contributed by atoms with E-state index >= 15 is 0 Å². The first-order chi connectivity index (χ1) is 12.1. The molecule has 1 aromatic rings. The Kier molecular flexibility index (Phi) is 6.06. The lowest BCUT2D eigenvalue weighted by Crippen LogP contribution is -2.45. The summed E-state index contributed by atoms with van der Waals surface area (Å²) in [7, 11) is 0. The van der Waals surface area contributed by atoms with E-state index < -0.39 is 0 Å². The number of rotatable bonds is 5. The maximum Gasteiger partial charge on any atom is 0.315 e. The second kappa shape index (κ2) is 8.46. The first kappa shape index (κ1) is 17.9. The molecule has 0 bridgehead atoms. The van der Waals surface area contributed by atoms with Crippen LogP contribution >= 0.6 is 0 Å². The van der Waals surface area contributed by atoms with Crippen LogP contribution < -0.4 is 26.4 Å². The molecule has 138 valence electrons. The minimum absolute atomic E-state index is 0.159. The minimum atomic E-state index is -0.159. The lowest BCUT2D eigenvalue weighted by Gasteiger charge is -2.36. The topological polar surface area (TPSA) is 90.6 Å². The zero-order chi connectivity index (χ0) is 17.6. The van der Waals surface area contributed by atoms with E-state index in [1.807, 2.05) is 18.3 Å². The molecule has 2 fully saturated rings. The van der Waals surface area contributed by atoms with Crippen LogP contribution in [0.1, 0.15) is 25.8 Å². The predicted molar refractivity (Wildman–Crippen MR) is 96.2 cm³/mol. The number of nitrogens with zero attached hydrogens (tertiary/aromatic N) is 2. The molecule has 0 aliphatic carbocycles. The van der Waals surface area contributed by atoms with Gasteiger partial charge in [-0.3, -0.25) is 10.9 Å². The first-order valence-electron chi connectivity index (χ1n) is 8.95. The fourth-order valence-electron chi connectivity index (χ4n) is 3.22. The number of pyridine rings is 1. The number of hydrogen-bond donors (Lipinski definition) is 4. The van der Waals surface area contributed by atoms with Crippen LogP contribution in [-0.4, -0.2) is 55.4 Å². The average molecular weight is 348 g/mol. The molecule has 8 nitrogen and oxygen atoms in total. The Balaban J connectivity index is 1.43. The van der Waals surface area contributed by atoms with Crippen LogP contribution in [0.15, 0.2) is 18.3 Å². The zero-order valence-corrected chi connectivity index (χ0v) is 14.9. The van der Waals surface area contributed by atoms with Crippen LogP contribution in [0.25, 0.3) is 0 Å². The lowest BCUT2D eigenvalue weighted by molar-refractivity contribution is -0.00546. The van der Waals surface area contributed by atoms with E-state index in [2.05, 4.69) is 45.2 Å². The van der Waals surface area contributed by atoms with Crippen LogP contribution in [-0.2, 0) is 11.3 Å². The van der Waals surface area contributed by atoms with Crippen LogP contribution in [0.3, 0.4) is 0 Å². The molecule has 25 heavy (non-hydrogen) atoms. The Hall–Kier alpha value is -1.90. The van der Waals surface area contributed by atoms with Crippen molar-refractivity contribution in [1.82, 2.24) is 26.5 Å². The normalized spacial score (nSPS) is 26.5. The van der Waals surface area contributed by atoms with Crippen molar-refractivity contribution < 1.29 is 9.53 Å². The molecule has 2 amide bonds. The Labute approximate surface area is 148 Å². The molecule has 2 aliphatic heterocycles. The highest BCUT2D eigenvalue weighted by Gasteiger charge is 2.23. The summed E-state index contributed by atoms with van der Waals surface area (Å²) >= 11 is 0. The van der Waals surface area contributed by atoms with Gasteiger partial charge in [-0.1, -0.05) is 6.07 Å². The molecule has 3 heterocycles. The molecule has 4 N–H and O–H groups in total. The van der Waals surface area contributed by atoms with Gasteiger partial charge in [0.25, 0.3) is 0 Å². The Bertz CT molecular complexity index is 551. The third-order valence-corrected chi connectivity index (χ3v) is 4.44. The Morgan fingerprint density at radius 3 is 2.76 bits per heavy atom. The van der Waals surface area contributed by atoms with Gasteiger partial charge in [0.1, 0.15) is 5.82 Å². The third-order valence-electron chi connectivity index (χ3n) is 4.44. The van der Waals surface area contributed by atoms with Gasteiger partial charge in [-0.25, -0.2) is 9.78 Å².